The van der Waals surface area contributed by atoms with Crippen molar-refractivity contribution in [3.05, 3.63) is 60.5 Å². The molecule has 7 nitrogen and oxygen atoms in total. The number of nitrogens with one attached hydrogen (secondary N) is 1. The van der Waals surface area contributed by atoms with Crippen molar-refractivity contribution in [2.45, 2.75) is 11.4 Å². The molecule has 0 saturated carbocycles. The highest BCUT2D eigenvalue weighted by atomic mass is 32.2. The van der Waals surface area contributed by atoms with Crippen LogP contribution in [0.1, 0.15) is 5.69 Å². The fourth-order valence-electron chi connectivity index (χ4n) is 2.22. The molecule has 1 aromatic carbocycles. The van der Waals surface area contributed by atoms with Gasteiger partial charge in [-0.2, -0.15) is 0 Å². The van der Waals surface area contributed by atoms with Crippen LogP contribution in [-0.2, 0) is 16.6 Å². The number of benzene rings is 1. The van der Waals surface area contributed by atoms with E-state index >= 15 is 0 Å². The molecule has 9 heteroatoms. The first kappa shape index (κ1) is 17.1. The van der Waals surface area contributed by atoms with Crippen LogP contribution in [0.2, 0.25) is 0 Å². The Labute approximate surface area is 143 Å². The molecule has 1 N–H and O–H groups in total. The van der Waals surface area contributed by atoms with Gasteiger partial charge in [-0.05, 0) is 30.3 Å². The molecule has 0 aliphatic heterocycles. The molecule has 0 unspecified atom stereocenters. The predicted molar refractivity (Wildman–Crippen MR) is 86.7 cm³/mol. The molecular weight excluding hydrogens is 349 g/mol. The molecule has 3 aromatic rings. The van der Waals surface area contributed by atoms with Crippen molar-refractivity contribution >= 4 is 10.0 Å². The Morgan fingerprint density at radius 3 is 2.76 bits per heavy atom. The maximum Gasteiger partial charge on any atom is 0.244 e. The number of methoxy groups -OCH3 is 1. The van der Waals surface area contributed by atoms with Crippen LogP contribution >= 0.6 is 0 Å². The SMILES string of the molecule is COc1ccc(F)cc1S(=O)(=O)NCc1nccnc1-c1ccco1. The lowest BCUT2D eigenvalue weighted by molar-refractivity contribution is 0.400. The van der Waals surface area contributed by atoms with Gasteiger partial charge in [-0.15, -0.1) is 0 Å². The average Bonchev–Trinajstić information content (AvgIpc) is 3.15. The van der Waals surface area contributed by atoms with Gasteiger partial charge in [0.2, 0.25) is 10.0 Å². The van der Waals surface area contributed by atoms with E-state index in [4.69, 9.17) is 9.15 Å². The van der Waals surface area contributed by atoms with E-state index in [0.717, 1.165) is 12.1 Å². The van der Waals surface area contributed by atoms with Crippen LogP contribution < -0.4 is 9.46 Å². The van der Waals surface area contributed by atoms with Crippen molar-refractivity contribution in [1.82, 2.24) is 14.7 Å². The van der Waals surface area contributed by atoms with Crippen LogP contribution in [-0.4, -0.2) is 25.5 Å². The van der Waals surface area contributed by atoms with Gasteiger partial charge in [0.25, 0.3) is 0 Å². The van der Waals surface area contributed by atoms with Crippen LogP contribution in [0, 0.1) is 5.82 Å². The van der Waals surface area contributed by atoms with Gasteiger partial charge in [0, 0.05) is 12.4 Å². The molecule has 0 aliphatic carbocycles. The number of rotatable bonds is 6. The number of halogens is 1. The third kappa shape index (κ3) is 3.67. The van der Waals surface area contributed by atoms with E-state index in [1.807, 2.05) is 0 Å². The topological polar surface area (TPSA) is 94.3 Å². The quantitative estimate of drug-likeness (QED) is 0.722. The fourth-order valence-corrected chi connectivity index (χ4v) is 3.38. The zero-order valence-electron chi connectivity index (χ0n) is 13.1. The Hall–Kier alpha value is -2.78. The molecule has 0 spiro atoms. The third-order valence-corrected chi connectivity index (χ3v) is 4.80. The number of ether oxygens (including phenoxy) is 1. The van der Waals surface area contributed by atoms with Crippen LogP contribution in [0.25, 0.3) is 11.5 Å². The van der Waals surface area contributed by atoms with Gasteiger partial charge in [-0.1, -0.05) is 0 Å². The molecule has 2 aromatic heterocycles. The first-order valence-electron chi connectivity index (χ1n) is 7.18. The number of hydrogen-bond donors (Lipinski definition) is 1. The number of nitrogens with zero attached hydrogens (tertiary/aromatic N) is 2. The van der Waals surface area contributed by atoms with Crippen molar-refractivity contribution in [2.24, 2.45) is 0 Å². The molecule has 0 saturated heterocycles. The minimum absolute atomic E-state index is 0.0410. The second kappa shape index (κ2) is 6.99. The Kier molecular flexibility index (Phi) is 4.77. The molecule has 130 valence electrons. The third-order valence-electron chi connectivity index (χ3n) is 3.37. The van der Waals surface area contributed by atoms with Gasteiger partial charge in [-0.3, -0.25) is 4.98 Å². The van der Waals surface area contributed by atoms with E-state index in [1.165, 1.54) is 31.8 Å². The summed E-state index contributed by atoms with van der Waals surface area (Å²) in [6.45, 7) is -0.147. The summed E-state index contributed by atoms with van der Waals surface area (Å²) in [5, 5.41) is 0. The standard InChI is InChI=1S/C16H14FN3O4S/c1-23-13-5-4-11(17)9-15(13)25(21,22)20-10-12-16(19-7-6-18-12)14-3-2-8-24-14/h2-9,20H,10H2,1H3. The van der Waals surface area contributed by atoms with E-state index in [1.54, 1.807) is 12.1 Å². The zero-order valence-corrected chi connectivity index (χ0v) is 14.0. The van der Waals surface area contributed by atoms with Gasteiger partial charge in [0.1, 0.15) is 22.2 Å². The van der Waals surface area contributed by atoms with Crippen molar-refractivity contribution < 1.29 is 22.0 Å². The minimum Gasteiger partial charge on any atom is -0.495 e. The van der Waals surface area contributed by atoms with E-state index < -0.39 is 15.8 Å². The summed E-state index contributed by atoms with van der Waals surface area (Å²) >= 11 is 0. The number of aromatic nitrogens is 2. The van der Waals surface area contributed by atoms with Crippen LogP contribution in [0.3, 0.4) is 0 Å². The maximum atomic E-state index is 13.4. The Morgan fingerprint density at radius 2 is 2.04 bits per heavy atom. The van der Waals surface area contributed by atoms with E-state index in [0.29, 0.717) is 17.1 Å². The summed E-state index contributed by atoms with van der Waals surface area (Å²) in [5.41, 5.74) is 0.790. The maximum absolute atomic E-state index is 13.4. The van der Waals surface area contributed by atoms with Gasteiger partial charge in [-0.25, -0.2) is 22.5 Å². The number of hydrogen-bond acceptors (Lipinski definition) is 6. The Bertz CT molecular complexity index is 975. The minimum atomic E-state index is -4.02. The monoisotopic (exact) mass is 363 g/mol. The van der Waals surface area contributed by atoms with Gasteiger partial charge in [0.05, 0.1) is 25.6 Å². The Balaban J connectivity index is 1.88. The molecule has 0 atom stereocenters. The molecule has 2 heterocycles. The van der Waals surface area contributed by atoms with Crippen molar-refractivity contribution in [1.29, 1.82) is 0 Å². The highest BCUT2D eigenvalue weighted by Gasteiger charge is 2.21. The summed E-state index contributed by atoms with van der Waals surface area (Å²) < 4.78 is 51.1. The summed E-state index contributed by atoms with van der Waals surface area (Å²) in [7, 11) is -2.71. The largest absolute Gasteiger partial charge is 0.495 e. The number of furan rings is 1. The summed E-state index contributed by atoms with van der Waals surface area (Å²) in [6, 6.07) is 6.65. The molecule has 0 amide bonds. The van der Waals surface area contributed by atoms with Crippen molar-refractivity contribution in [3.8, 4) is 17.2 Å². The first-order valence-corrected chi connectivity index (χ1v) is 8.66. The highest BCUT2D eigenvalue weighted by Crippen LogP contribution is 2.25. The van der Waals surface area contributed by atoms with Crippen LogP contribution in [0.15, 0.2) is 58.3 Å². The Morgan fingerprint density at radius 1 is 1.24 bits per heavy atom. The molecular formula is C16H14FN3O4S. The van der Waals surface area contributed by atoms with Crippen LogP contribution in [0.5, 0.6) is 5.75 Å². The summed E-state index contributed by atoms with van der Waals surface area (Å²) in [4.78, 5) is 8.01. The summed E-state index contributed by atoms with van der Waals surface area (Å²) in [6.07, 6.45) is 4.40. The normalized spacial score (nSPS) is 11.4. The zero-order chi connectivity index (χ0) is 17.9. The van der Waals surface area contributed by atoms with E-state index in [9.17, 15) is 12.8 Å². The van der Waals surface area contributed by atoms with E-state index in [2.05, 4.69) is 14.7 Å². The highest BCUT2D eigenvalue weighted by molar-refractivity contribution is 7.89. The lowest BCUT2D eigenvalue weighted by Crippen LogP contribution is -2.25. The molecule has 25 heavy (non-hydrogen) atoms. The molecule has 3 rings (SSSR count). The number of sulfonamides is 1. The average molecular weight is 363 g/mol. The second-order valence-corrected chi connectivity index (χ2v) is 6.68. The smallest absolute Gasteiger partial charge is 0.244 e. The van der Waals surface area contributed by atoms with Crippen LogP contribution in [0.4, 0.5) is 4.39 Å². The fraction of sp³-hybridized carbons (Fsp3) is 0.125. The molecule has 0 radical (unpaired) electrons. The van der Waals surface area contributed by atoms with E-state index in [-0.39, 0.29) is 17.2 Å². The molecule has 0 fully saturated rings. The lowest BCUT2D eigenvalue weighted by Gasteiger charge is -2.11. The lowest BCUT2D eigenvalue weighted by atomic mass is 10.2. The molecule has 0 bridgehead atoms. The van der Waals surface area contributed by atoms with Gasteiger partial charge >= 0.3 is 0 Å². The van der Waals surface area contributed by atoms with Crippen molar-refractivity contribution in [2.75, 3.05) is 7.11 Å². The summed E-state index contributed by atoms with van der Waals surface area (Å²) in [5.74, 6) is -0.179. The van der Waals surface area contributed by atoms with Gasteiger partial charge < -0.3 is 9.15 Å². The molecule has 0 aliphatic rings. The second-order valence-electron chi connectivity index (χ2n) is 4.95. The first-order chi connectivity index (χ1) is 12.0. The van der Waals surface area contributed by atoms with Crippen molar-refractivity contribution in [3.63, 3.8) is 0 Å². The predicted octanol–water partition coefficient (Wildman–Crippen LogP) is 2.36. The van der Waals surface area contributed by atoms with Gasteiger partial charge in [0.15, 0.2) is 5.76 Å².